The van der Waals surface area contributed by atoms with Crippen LogP contribution < -0.4 is 4.74 Å². The van der Waals surface area contributed by atoms with Gasteiger partial charge in [0.05, 0.1) is 13.2 Å². The second-order valence-corrected chi connectivity index (χ2v) is 10.4. The number of fused-ring (bicyclic) bond motifs is 1. The molecule has 3 rings (SSSR count). The summed E-state index contributed by atoms with van der Waals surface area (Å²) in [6.07, 6.45) is 3.21. The molecule has 182 valence electrons. The van der Waals surface area contributed by atoms with Gasteiger partial charge in [-0.05, 0) is 37.3 Å². The lowest BCUT2D eigenvalue weighted by molar-refractivity contribution is -0.131. The smallest absolute Gasteiger partial charge is 0.247 e. The monoisotopic (exact) mass is 485 g/mol. The number of benzene rings is 1. The first-order valence-corrected chi connectivity index (χ1v) is 12.7. The van der Waals surface area contributed by atoms with E-state index >= 15 is 0 Å². The van der Waals surface area contributed by atoms with Gasteiger partial charge in [-0.25, -0.2) is 8.42 Å². The molecule has 2 heterocycles. The number of likely N-dealkylation sites (N-methyl/N-ethyl adjacent to an activating group) is 1. The van der Waals surface area contributed by atoms with Crippen LogP contribution in [0.2, 0.25) is 0 Å². The Morgan fingerprint density at radius 1 is 1.26 bits per heavy atom. The fraction of sp³-hybridized carbons (Fsp3) is 0.440. The van der Waals surface area contributed by atoms with Crippen molar-refractivity contribution >= 4 is 15.9 Å². The Morgan fingerprint density at radius 2 is 1.94 bits per heavy atom. The first-order valence-electron chi connectivity index (χ1n) is 11.3. The third-order valence-corrected chi connectivity index (χ3v) is 7.90. The zero-order chi connectivity index (χ0) is 24.9. The molecule has 2 aromatic rings. The molecule has 1 aromatic heterocycles. The molecule has 0 saturated carbocycles. The summed E-state index contributed by atoms with van der Waals surface area (Å²) in [5.41, 5.74) is 1.38. The molecule has 3 atom stereocenters. The Balaban J connectivity index is 2.06. The van der Waals surface area contributed by atoms with Gasteiger partial charge in [0.25, 0.3) is 0 Å². The Hall–Kier alpha value is -2.93. The van der Waals surface area contributed by atoms with E-state index in [4.69, 9.17) is 4.74 Å². The van der Waals surface area contributed by atoms with Gasteiger partial charge in [-0.3, -0.25) is 9.78 Å². The van der Waals surface area contributed by atoms with E-state index in [-0.39, 0.29) is 35.6 Å². The molecule has 34 heavy (non-hydrogen) atoms. The van der Waals surface area contributed by atoms with Crippen molar-refractivity contribution in [3.63, 3.8) is 0 Å². The molecule has 1 aliphatic rings. The highest BCUT2D eigenvalue weighted by molar-refractivity contribution is 7.89. The number of aliphatic hydroxyl groups excluding tert-OH is 1. The summed E-state index contributed by atoms with van der Waals surface area (Å²) in [4.78, 5) is 17.8. The minimum atomic E-state index is -3.93. The fourth-order valence-electron chi connectivity index (χ4n) is 3.74. The van der Waals surface area contributed by atoms with Gasteiger partial charge < -0.3 is 14.7 Å². The van der Waals surface area contributed by atoms with Gasteiger partial charge in [-0.15, -0.1) is 0 Å². The van der Waals surface area contributed by atoms with Gasteiger partial charge in [0.2, 0.25) is 15.9 Å². The molecular formula is C25H31N3O5S. The molecule has 0 fully saturated rings. The molecular weight excluding hydrogens is 454 g/mol. The molecule has 9 heteroatoms. The summed E-state index contributed by atoms with van der Waals surface area (Å²) in [7, 11) is -2.22. The third kappa shape index (κ3) is 5.76. The normalized spacial score (nSPS) is 20.5. The Bertz CT molecular complexity index is 1170. The molecule has 0 saturated heterocycles. The van der Waals surface area contributed by atoms with Gasteiger partial charge in [0.1, 0.15) is 16.7 Å². The maximum absolute atomic E-state index is 13.5. The van der Waals surface area contributed by atoms with E-state index in [1.165, 1.54) is 10.4 Å². The summed E-state index contributed by atoms with van der Waals surface area (Å²) >= 11 is 0. The summed E-state index contributed by atoms with van der Waals surface area (Å²) in [6.45, 7) is 5.51. The first-order chi connectivity index (χ1) is 16.2. The van der Waals surface area contributed by atoms with E-state index in [0.717, 1.165) is 5.56 Å². The highest BCUT2D eigenvalue weighted by Crippen LogP contribution is 2.34. The molecule has 0 radical (unpaired) electrons. The van der Waals surface area contributed by atoms with Crippen LogP contribution in [0.1, 0.15) is 38.3 Å². The second kappa shape index (κ2) is 11.0. The molecule has 1 amide bonds. The van der Waals surface area contributed by atoms with E-state index in [0.29, 0.717) is 18.5 Å². The zero-order valence-corrected chi connectivity index (χ0v) is 20.7. The summed E-state index contributed by atoms with van der Waals surface area (Å²) in [5.74, 6) is 6.00. The number of carbonyl (C=O) groups excluding carboxylic acids is 1. The number of carbonyl (C=O) groups is 1. The predicted molar refractivity (Wildman–Crippen MR) is 129 cm³/mol. The zero-order valence-electron chi connectivity index (χ0n) is 19.9. The van der Waals surface area contributed by atoms with Crippen LogP contribution in [0.3, 0.4) is 0 Å². The molecule has 0 spiro atoms. The molecule has 8 nitrogen and oxygen atoms in total. The predicted octanol–water partition coefficient (Wildman–Crippen LogP) is 2.12. The number of ether oxygens (including phenoxy) is 1. The molecule has 1 aliphatic heterocycles. The number of amides is 1. The van der Waals surface area contributed by atoms with Crippen molar-refractivity contribution < 1.29 is 23.1 Å². The second-order valence-electron chi connectivity index (χ2n) is 8.52. The van der Waals surface area contributed by atoms with Crippen LogP contribution in [-0.2, 0) is 14.8 Å². The molecule has 1 aromatic carbocycles. The Labute approximate surface area is 201 Å². The van der Waals surface area contributed by atoms with Crippen molar-refractivity contribution in [2.24, 2.45) is 5.92 Å². The summed E-state index contributed by atoms with van der Waals surface area (Å²) in [5, 5.41) is 9.74. The fourth-order valence-corrected chi connectivity index (χ4v) is 5.57. The summed E-state index contributed by atoms with van der Waals surface area (Å²) in [6, 6.07) is 7.71. The molecule has 0 unspecified atom stereocenters. The van der Waals surface area contributed by atoms with Crippen molar-refractivity contribution in [2.45, 2.75) is 44.2 Å². The van der Waals surface area contributed by atoms with Gasteiger partial charge in [-0.1, -0.05) is 25.7 Å². The molecule has 0 aliphatic carbocycles. The topological polar surface area (TPSA) is 100 Å². The van der Waals surface area contributed by atoms with Crippen LogP contribution >= 0.6 is 0 Å². The van der Waals surface area contributed by atoms with Crippen molar-refractivity contribution in [1.82, 2.24) is 14.2 Å². The molecule has 1 N–H and O–H groups in total. The highest BCUT2D eigenvalue weighted by Gasteiger charge is 2.38. The standard InChI is InChI=1S/C25H31N3O5S/c1-5-25(30)27(4)16-23-18(2)15-28(19(3)17-29)34(31,32)24-9-8-21(14-22(24)33-23)7-6-20-10-12-26-13-11-20/h8-14,18-19,23,29H,5,15-17H2,1-4H3/t18-,19-,23+/m0/s1. The lowest BCUT2D eigenvalue weighted by atomic mass is 10.0. The van der Waals surface area contributed by atoms with Crippen LogP contribution in [0.25, 0.3) is 0 Å². The average Bonchev–Trinajstić information content (AvgIpc) is 2.84. The van der Waals surface area contributed by atoms with Gasteiger partial charge in [0.15, 0.2) is 0 Å². The quantitative estimate of drug-likeness (QED) is 0.652. The number of aliphatic hydroxyl groups is 1. The van der Waals surface area contributed by atoms with E-state index < -0.39 is 22.2 Å². The number of rotatable bonds is 5. The van der Waals surface area contributed by atoms with Crippen molar-refractivity contribution in [2.75, 3.05) is 26.7 Å². The van der Waals surface area contributed by atoms with Crippen LogP contribution in [0.5, 0.6) is 5.75 Å². The van der Waals surface area contributed by atoms with Gasteiger partial charge in [-0.2, -0.15) is 4.31 Å². The van der Waals surface area contributed by atoms with Crippen LogP contribution in [-0.4, -0.2) is 72.5 Å². The van der Waals surface area contributed by atoms with Crippen molar-refractivity contribution in [3.05, 3.63) is 53.9 Å². The minimum Gasteiger partial charge on any atom is -0.487 e. The Morgan fingerprint density at radius 3 is 2.59 bits per heavy atom. The van der Waals surface area contributed by atoms with Crippen LogP contribution in [0, 0.1) is 17.8 Å². The van der Waals surface area contributed by atoms with E-state index in [2.05, 4.69) is 16.8 Å². The lowest BCUT2D eigenvalue weighted by Crippen LogP contribution is -2.50. The van der Waals surface area contributed by atoms with E-state index in [1.54, 1.807) is 62.5 Å². The van der Waals surface area contributed by atoms with E-state index in [9.17, 15) is 18.3 Å². The Kier molecular flexibility index (Phi) is 8.31. The first kappa shape index (κ1) is 25.7. The third-order valence-electron chi connectivity index (χ3n) is 5.88. The number of nitrogens with zero attached hydrogens (tertiary/aromatic N) is 3. The van der Waals surface area contributed by atoms with Gasteiger partial charge >= 0.3 is 0 Å². The minimum absolute atomic E-state index is 0.0173. The number of hydrogen-bond acceptors (Lipinski definition) is 6. The largest absolute Gasteiger partial charge is 0.487 e. The maximum atomic E-state index is 13.5. The SMILES string of the molecule is CCC(=O)N(C)C[C@H]1Oc2cc(C#Cc3ccncc3)ccc2S(=O)(=O)N([C@@H](C)CO)C[C@@H]1C. The molecule has 0 bridgehead atoms. The van der Waals surface area contributed by atoms with Crippen LogP contribution in [0.15, 0.2) is 47.6 Å². The summed E-state index contributed by atoms with van der Waals surface area (Å²) < 4.78 is 34.6. The average molecular weight is 486 g/mol. The van der Waals surface area contributed by atoms with Crippen molar-refractivity contribution in [3.8, 4) is 17.6 Å². The maximum Gasteiger partial charge on any atom is 0.247 e. The number of sulfonamides is 1. The van der Waals surface area contributed by atoms with Gasteiger partial charge in [0, 0.05) is 55.5 Å². The number of pyridine rings is 1. The van der Waals surface area contributed by atoms with E-state index in [1.807, 2.05) is 6.92 Å². The van der Waals surface area contributed by atoms with Crippen molar-refractivity contribution in [1.29, 1.82) is 0 Å². The lowest BCUT2D eigenvalue weighted by Gasteiger charge is -2.37. The number of aromatic nitrogens is 1. The number of hydrogen-bond donors (Lipinski definition) is 1. The van der Waals surface area contributed by atoms with Crippen LogP contribution in [0.4, 0.5) is 0 Å². The highest BCUT2D eigenvalue weighted by atomic mass is 32.2.